The molecule has 1 N–H and O–H groups in total. The largest absolute Gasteiger partial charge is 0.395 e. The van der Waals surface area contributed by atoms with E-state index in [0.29, 0.717) is 17.3 Å². The van der Waals surface area contributed by atoms with Crippen LogP contribution in [0.1, 0.15) is 16.7 Å². The van der Waals surface area contributed by atoms with Gasteiger partial charge in [0.25, 0.3) is 0 Å². The summed E-state index contributed by atoms with van der Waals surface area (Å²) in [6, 6.07) is 11.4. The van der Waals surface area contributed by atoms with E-state index in [0.717, 1.165) is 16.7 Å². The average molecular weight is 356 g/mol. The standard InChI is InChI=1S/C16H13BrClFO/c17-14-12-8-16(9-20,11-4-2-1-3-5-11)7-10(12)6-13(19)15(14)18/h1-6,20H,7-9H2. The van der Waals surface area contributed by atoms with Gasteiger partial charge < -0.3 is 5.11 Å². The third-order valence-electron chi connectivity index (χ3n) is 4.09. The minimum Gasteiger partial charge on any atom is -0.395 e. The maximum absolute atomic E-state index is 13.8. The number of aliphatic hydroxyl groups is 1. The maximum Gasteiger partial charge on any atom is 0.143 e. The van der Waals surface area contributed by atoms with Crippen molar-refractivity contribution in [1.29, 1.82) is 0 Å². The molecule has 0 radical (unpaired) electrons. The van der Waals surface area contributed by atoms with Crippen LogP contribution in [0, 0.1) is 5.82 Å². The molecular weight excluding hydrogens is 343 g/mol. The van der Waals surface area contributed by atoms with Gasteiger partial charge in [-0.25, -0.2) is 4.39 Å². The van der Waals surface area contributed by atoms with Crippen LogP contribution in [0.3, 0.4) is 0 Å². The van der Waals surface area contributed by atoms with Gasteiger partial charge in [-0.3, -0.25) is 0 Å². The number of benzene rings is 2. The molecule has 0 aromatic heterocycles. The van der Waals surface area contributed by atoms with E-state index in [4.69, 9.17) is 11.6 Å². The Morgan fingerprint density at radius 2 is 1.95 bits per heavy atom. The van der Waals surface area contributed by atoms with Crippen LogP contribution >= 0.6 is 27.5 Å². The molecule has 0 bridgehead atoms. The van der Waals surface area contributed by atoms with Crippen LogP contribution in [-0.2, 0) is 18.3 Å². The van der Waals surface area contributed by atoms with Crippen molar-refractivity contribution in [1.82, 2.24) is 0 Å². The molecule has 0 saturated heterocycles. The molecule has 1 nitrogen and oxygen atoms in total. The van der Waals surface area contributed by atoms with Crippen molar-refractivity contribution >= 4 is 27.5 Å². The Morgan fingerprint density at radius 1 is 1.25 bits per heavy atom. The molecule has 20 heavy (non-hydrogen) atoms. The Morgan fingerprint density at radius 3 is 2.60 bits per heavy atom. The second-order valence-corrected chi connectivity index (χ2v) is 6.45. The number of fused-ring (bicyclic) bond motifs is 1. The van der Waals surface area contributed by atoms with Crippen molar-refractivity contribution in [2.24, 2.45) is 0 Å². The summed E-state index contributed by atoms with van der Waals surface area (Å²) in [6.07, 6.45) is 1.28. The second-order valence-electron chi connectivity index (χ2n) is 5.28. The van der Waals surface area contributed by atoms with Gasteiger partial charge in [0.2, 0.25) is 0 Å². The number of rotatable bonds is 2. The molecule has 1 aliphatic carbocycles. The Kier molecular flexibility index (Phi) is 3.61. The zero-order valence-corrected chi connectivity index (χ0v) is 13.0. The molecule has 3 rings (SSSR count). The summed E-state index contributed by atoms with van der Waals surface area (Å²) in [7, 11) is 0. The molecule has 104 valence electrons. The van der Waals surface area contributed by atoms with Gasteiger partial charge in [-0.15, -0.1) is 0 Å². The molecule has 1 aliphatic rings. The van der Waals surface area contributed by atoms with Crippen LogP contribution in [0.2, 0.25) is 5.02 Å². The van der Waals surface area contributed by atoms with Gasteiger partial charge in [0.1, 0.15) is 5.82 Å². The van der Waals surface area contributed by atoms with Crippen molar-refractivity contribution in [3.05, 3.63) is 68.4 Å². The Balaban J connectivity index is 2.10. The molecule has 0 fully saturated rings. The van der Waals surface area contributed by atoms with Crippen LogP contribution in [0.5, 0.6) is 0 Å². The van der Waals surface area contributed by atoms with Crippen molar-refractivity contribution < 1.29 is 9.50 Å². The van der Waals surface area contributed by atoms with Crippen molar-refractivity contribution in [3.8, 4) is 0 Å². The fourth-order valence-corrected chi connectivity index (χ4v) is 3.75. The van der Waals surface area contributed by atoms with Crippen molar-refractivity contribution in [2.75, 3.05) is 6.61 Å². The summed E-state index contributed by atoms with van der Waals surface area (Å²) in [4.78, 5) is 0. The van der Waals surface area contributed by atoms with Crippen LogP contribution in [0.25, 0.3) is 0 Å². The number of halogens is 3. The van der Waals surface area contributed by atoms with E-state index in [1.54, 1.807) is 0 Å². The SMILES string of the molecule is OCC1(c2ccccc2)Cc2cc(F)c(Cl)c(Br)c2C1. The highest BCUT2D eigenvalue weighted by atomic mass is 79.9. The van der Waals surface area contributed by atoms with Crippen LogP contribution < -0.4 is 0 Å². The first-order valence-electron chi connectivity index (χ1n) is 6.39. The third kappa shape index (κ3) is 2.09. The first-order chi connectivity index (χ1) is 9.57. The Hall–Kier alpha value is -0.900. The quantitative estimate of drug-likeness (QED) is 0.798. The Bertz CT molecular complexity index is 659. The lowest BCUT2D eigenvalue weighted by atomic mass is 9.78. The van der Waals surface area contributed by atoms with Gasteiger partial charge in [-0.2, -0.15) is 0 Å². The first-order valence-corrected chi connectivity index (χ1v) is 7.56. The minimum atomic E-state index is -0.418. The Labute approximate surface area is 130 Å². The fraction of sp³-hybridized carbons (Fsp3) is 0.250. The van der Waals surface area contributed by atoms with E-state index in [2.05, 4.69) is 15.9 Å². The van der Waals surface area contributed by atoms with Crippen molar-refractivity contribution in [3.63, 3.8) is 0 Å². The summed E-state index contributed by atoms with van der Waals surface area (Å²) < 4.78 is 14.4. The topological polar surface area (TPSA) is 20.2 Å². The number of hydrogen-bond donors (Lipinski definition) is 1. The summed E-state index contributed by atoms with van der Waals surface area (Å²) in [5.41, 5.74) is 2.59. The van der Waals surface area contributed by atoms with E-state index in [1.165, 1.54) is 6.07 Å². The van der Waals surface area contributed by atoms with E-state index in [-0.39, 0.29) is 17.0 Å². The number of hydrogen-bond acceptors (Lipinski definition) is 1. The molecule has 0 aliphatic heterocycles. The highest BCUT2D eigenvalue weighted by Crippen LogP contribution is 2.45. The average Bonchev–Trinajstić information content (AvgIpc) is 2.86. The number of aliphatic hydroxyl groups excluding tert-OH is 1. The van der Waals surface area contributed by atoms with Gasteiger partial charge in [0, 0.05) is 9.89 Å². The van der Waals surface area contributed by atoms with Crippen molar-refractivity contribution in [2.45, 2.75) is 18.3 Å². The van der Waals surface area contributed by atoms with Gasteiger partial charge in [-0.05, 0) is 51.5 Å². The van der Waals surface area contributed by atoms with E-state index in [9.17, 15) is 9.50 Å². The van der Waals surface area contributed by atoms with E-state index < -0.39 is 5.82 Å². The predicted molar refractivity (Wildman–Crippen MR) is 81.7 cm³/mol. The molecule has 0 amide bonds. The zero-order valence-electron chi connectivity index (χ0n) is 10.7. The molecule has 4 heteroatoms. The lowest BCUT2D eigenvalue weighted by molar-refractivity contribution is 0.198. The normalized spacial score (nSPS) is 21.0. The van der Waals surface area contributed by atoms with Crippen LogP contribution in [0.4, 0.5) is 4.39 Å². The maximum atomic E-state index is 13.8. The third-order valence-corrected chi connectivity index (χ3v) is 5.56. The monoisotopic (exact) mass is 354 g/mol. The molecule has 0 heterocycles. The highest BCUT2D eigenvalue weighted by Gasteiger charge is 2.40. The van der Waals surface area contributed by atoms with Gasteiger partial charge in [0.15, 0.2) is 0 Å². The van der Waals surface area contributed by atoms with E-state index >= 15 is 0 Å². The molecule has 1 atom stereocenters. The lowest BCUT2D eigenvalue weighted by Gasteiger charge is -2.27. The highest BCUT2D eigenvalue weighted by molar-refractivity contribution is 9.10. The van der Waals surface area contributed by atoms with E-state index in [1.807, 2.05) is 30.3 Å². The summed E-state index contributed by atoms with van der Waals surface area (Å²) in [6.45, 7) is 0.0252. The predicted octanol–water partition coefficient (Wildman–Crippen LogP) is 4.27. The van der Waals surface area contributed by atoms with Crippen LogP contribution in [0.15, 0.2) is 40.9 Å². The zero-order chi connectivity index (χ0) is 14.3. The summed E-state index contributed by atoms with van der Waals surface area (Å²) in [5.74, 6) is -0.418. The minimum absolute atomic E-state index is 0.0252. The second kappa shape index (κ2) is 5.14. The molecule has 2 aromatic rings. The molecule has 0 spiro atoms. The molecule has 2 aromatic carbocycles. The molecule has 0 saturated carbocycles. The molecular formula is C16H13BrClFO. The summed E-state index contributed by atoms with van der Waals surface area (Å²) >= 11 is 9.34. The fourth-order valence-electron chi connectivity index (χ4n) is 2.99. The van der Waals surface area contributed by atoms with Gasteiger partial charge in [0.05, 0.1) is 11.6 Å². The molecule has 1 unspecified atom stereocenters. The first kappa shape index (κ1) is 14.1. The van der Waals surface area contributed by atoms with Crippen LogP contribution in [-0.4, -0.2) is 11.7 Å². The lowest BCUT2D eigenvalue weighted by Crippen LogP contribution is -2.31. The summed E-state index contributed by atoms with van der Waals surface area (Å²) in [5, 5.41) is 10.0. The smallest absolute Gasteiger partial charge is 0.143 e. The van der Waals surface area contributed by atoms with Gasteiger partial charge >= 0.3 is 0 Å². The van der Waals surface area contributed by atoms with Gasteiger partial charge in [-0.1, -0.05) is 41.9 Å².